The molecule has 0 fully saturated rings. The molecule has 5 nitrogen and oxygen atoms in total. The van der Waals surface area contributed by atoms with E-state index in [0.717, 1.165) is 11.2 Å². The average Bonchev–Trinajstić information content (AvgIpc) is 2.25. The van der Waals surface area contributed by atoms with E-state index in [4.69, 9.17) is 10.8 Å². The smallest absolute Gasteiger partial charge is 0.324 e. The van der Waals surface area contributed by atoms with Crippen molar-refractivity contribution in [2.45, 2.75) is 22.3 Å². The van der Waals surface area contributed by atoms with Crippen LogP contribution in [0.3, 0.4) is 0 Å². The minimum absolute atomic E-state index is 0.209. The molecule has 18 heavy (non-hydrogen) atoms. The number of hydrogen-bond acceptors (Lipinski definition) is 5. The van der Waals surface area contributed by atoms with Crippen LogP contribution in [0.15, 0.2) is 34.1 Å². The molecule has 1 aromatic carbocycles. The summed E-state index contributed by atoms with van der Waals surface area (Å²) in [5.41, 5.74) is 4.28. The Morgan fingerprint density at radius 2 is 1.89 bits per heavy atom. The lowest BCUT2D eigenvalue weighted by Crippen LogP contribution is -2.47. The first-order chi connectivity index (χ1) is 8.13. The molecule has 0 amide bonds. The van der Waals surface area contributed by atoms with Crippen molar-refractivity contribution in [3.8, 4) is 0 Å². The zero-order valence-corrected chi connectivity index (χ0v) is 11.7. The van der Waals surface area contributed by atoms with Crippen LogP contribution in [0.2, 0.25) is 0 Å². The Kier molecular flexibility index (Phi) is 4.41. The molecular weight excluding hydrogens is 274 g/mol. The molecule has 1 aromatic rings. The molecular formula is C11H15NO4S2. The fraction of sp³-hybridized carbons (Fsp3) is 0.364. The van der Waals surface area contributed by atoms with Gasteiger partial charge in [0.15, 0.2) is 9.84 Å². The fourth-order valence-electron chi connectivity index (χ4n) is 1.08. The zero-order chi connectivity index (χ0) is 14.0. The van der Waals surface area contributed by atoms with Crippen LogP contribution in [0.1, 0.15) is 6.92 Å². The van der Waals surface area contributed by atoms with Crippen molar-refractivity contribution in [3.63, 3.8) is 0 Å². The third kappa shape index (κ3) is 4.01. The molecule has 0 bridgehead atoms. The summed E-state index contributed by atoms with van der Waals surface area (Å²) < 4.78 is 22.5. The van der Waals surface area contributed by atoms with E-state index in [-0.39, 0.29) is 10.6 Å². The number of sulfone groups is 1. The van der Waals surface area contributed by atoms with Crippen molar-refractivity contribution in [1.82, 2.24) is 0 Å². The summed E-state index contributed by atoms with van der Waals surface area (Å²) >= 11 is 1.27. The summed E-state index contributed by atoms with van der Waals surface area (Å²) in [6, 6.07) is 6.26. The van der Waals surface area contributed by atoms with E-state index in [0.29, 0.717) is 0 Å². The molecule has 0 aliphatic carbocycles. The van der Waals surface area contributed by atoms with Crippen molar-refractivity contribution in [3.05, 3.63) is 24.3 Å². The van der Waals surface area contributed by atoms with Crippen LogP contribution in [-0.2, 0) is 14.6 Å². The highest BCUT2D eigenvalue weighted by molar-refractivity contribution is 7.99. The lowest BCUT2D eigenvalue weighted by molar-refractivity contribution is -0.141. The molecule has 0 aromatic heterocycles. The molecule has 0 saturated heterocycles. The predicted molar refractivity (Wildman–Crippen MR) is 70.5 cm³/mol. The van der Waals surface area contributed by atoms with Crippen molar-refractivity contribution in [1.29, 1.82) is 0 Å². The van der Waals surface area contributed by atoms with Crippen LogP contribution in [0, 0.1) is 0 Å². The van der Waals surface area contributed by atoms with Gasteiger partial charge in [0, 0.05) is 16.9 Å². The van der Waals surface area contributed by atoms with Gasteiger partial charge in [-0.25, -0.2) is 8.42 Å². The number of carboxylic acids is 1. The third-order valence-electron chi connectivity index (χ3n) is 2.28. The second-order valence-corrected chi connectivity index (χ2v) is 7.32. The normalized spacial score (nSPS) is 15.1. The zero-order valence-electron chi connectivity index (χ0n) is 10.1. The van der Waals surface area contributed by atoms with Gasteiger partial charge < -0.3 is 10.8 Å². The molecule has 7 heteroatoms. The van der Waals surface area contributed by atoms with Gasteiger partial charge in [-0.3, -0.25) is 4.79 Å². The largest absolute Gasteiger partial charge is 0.480 e. The monoisotopic (exact) mass is 289 g/mol. The van der Waals surface area contributed by atoms with E-state index < -0.39 is 21.3 Å². The maximum atomic E-state index is 11.2. The van der Waals surface area contributed by atoms with E-state index in [1.54, 1.807) is 12.1 Å². The third-order valence-corrected chi connectivity index (χ3v) is 4.76. The molecule has 0 spiro atoms. The molecule has 1 atom stereocenters. The molecule has 100 valence electrons. The lowest BCUT2D eigenvalue weighted by Gasteiger charge is -2.18. The molecule has 3 N–H and O–H groups in total. The highest BCUT2D eigenvalue weighted by Crippen LogP contribution is 2.23. The Labute approximate surface area is 110 Å². The minimum Gasteiger partial charge on any atom is -0.480 e. The van der Waals surface area contributed by atoms with Gasteiger partial charge in [0.2, 0.25) is 0 Å². The predicted octanol–water partition coefficient (Wildman–Crippen LogP) is 0.984. The maximum absolute atomic E-state index is 11.2. The highest BCUT2D eigenvalue weighted by atomic mass is 32.2. The number of rotatable bonds is 5. The van der Waals surface area contributed by atoms with Gasteiger partial charge in [0.25, 0.3) is 0 Å². The fourth-order valence-corrected chi connectivity index (χ4v) is 2.63. The number of carboxylic acid groups (broad SMARTS) is 1. The number of thioether (sulfide) groups is 1. The number of benzene rings is 1. The van der Waals surface area contributed by atoms with Crippen LogP contribution in [0.5, 0.6) is 0 Å². The van der Waals surface area contributed by atoms with Crippen molar-refractivity contribution >= 4 is 27.6 Å². The first-order valence-electron chi connectivity index (χ1n) is 5.08. The van der Waals surface area contributed by atoms with Gasteiger partial charge in [-0.15, -0.1) is 11.8 Å². The highest BCUT2D eigenvalue weighted by Gasteiger charge is 2.27. The Balaban J connectivity index is 2.74. The Hall–Kier alpha value is -1.05. The van der Waals surface area contributed by atoms with Gasteiger partial charge in [-0.1, -0.05) is 0 Å². The SMILES string of the molecule is CC(N)(CSc1ccc(S(C)(=O)=O)cc1)C(=O)O. The maximum Gasteiger partial charge on any atom is 0.324 e. The summed E-state index contributed by atoms with van der Waals surface area (Å²) in [4.78, 5) is 11.8. The number of nitrogens with two attached hydrogens (primary N) is 1. The molecule has 0 saturated carbocycles. The summed E-state index contributed by atoms with van der Waals surface area (Å²) in [7, 11) is -3.20. The average molecular weight is 289 g/mol. The molecule has 0 aliphatic heterocycles. The molecule has 1 rings (SSSR count). The van der Waals surface area contributed by atoms with Gasteiger partial charge >= 0.3 is 5.97 Å². The van der Waals surface area contributed by atoms with Crippen LogP contribution in [0.4, 0.5) is 0 Å². The first kappa shape index (κ1) is 15.0. The summed E-state index contributed by atoms with van der Waals surface area (Å²) in [6.45, 7) is 1.44. The lowest BCUT2D eigenvalue weighted by atomic mass is 10.1. The molecule has 1 unspecified atom stereocenters. The van der Waals surface area contributed by atoms with E-state index in [2.05, 4.69) is 0 Å². The molecule has 0 aliphatic rings. The minimum atomic E-state index is -3.20. The van der Waals surface area contributed by atoms with E-state index in [1.807, 2.05) is 0 Å². The van der Waals surface area contributed by atoms with Gasteiger partial charge in [0.1, 0.15) is 5.54 Å². The van der Waals surface area contributed by atoms with Gasteiger partial charge in [-0.05, 0) is 31.2 Å². The Bertz CT molecular complexity index is 535. The summed E-state index contributed by atoms with van der Waals surface area (Å²) in [5, 5.41) is 8.85. The quantitative estimate of drug-likeness (QED) is 0.784. The van der Waals surface area contributed by atoms with Crippen molar-refractivity contribution < 1.29 is 18.3 Å². The summed E-state index contributed by atoms with van der Waals surface area (Å²) in [5.74, 6) is -0.858. The van der Waals surface area contributed by atoms with E-state index in [1.165, 1.54) is 30.8 Å². The van der Waals surface area contributed by atoms with Gasteiger partial charge in [-0.2, -0.15) is 0 Å². The van der Waals surface area contributed by atoms with Crippen molar-refractivity contribution in [2.75, 3.05) is 12.0 Å². The van der Waals surface area contributed by atoms with Gasteiger partial charge in [0.05, 0.1) is 4.90 Å². The van der Waals surface area contributed by atoms with Crippen molar-refractivity contribution in [2.24, 2.45) is 5.73 Å². The van der Waals surface area contributed by atoms with Crippen LogP contribution in [-0.4, -0.2) is 37.0 Å². The Morgan fingerprint density at radius 1 is 1.39 bits per heavy atom. The number of hydrogen-bond donors (Lipinski definition) is 2. The molecule has 0 heterocycles. The second kappa shape index (κ2) is 5.29. The molecule has 0 radical (unpaired) electrons. The Morgan fingerprint density at radius 3 is 2.28 bits per heavy atom. The topological polar surface area (TPSA) is 97.5 Å². The van der Waals surface area contributed by atoms with Crippen LogP contribution in [0.25, 0.3) is 0 Å². The number of aliphatic carboxylic acids is 1. The van der Waals surface area contributed by atoms with Crippen LogP contribution >= 0.6 is 11.8 Å². The first-order valence-corrected chi connectivity index (χ1v) is 7.96. The van der Waals surface area contributed by atoms with E-state index in [9.17, 15) is 13.2 Å². The second-order valence-electron chi connectivity index (χ2n) is 4.25. The number of carbonyl (C=O) groups is 1. The van der Waals surface area contributed by atoms with E-state index >= 15 is 0 Å². The van der Waals surface area contributed by atoms with Crippen LogP contribution < -0.4 is 5.73 Å². The summed E-state index contributed by atoms with van der Waals surface area (Å²) in [6.07, 6.45) is 1.14. The standard InChI is InChI=1S/C11H15NO4S2/c1-11(12,10(13)14)7-17-8-3-5-9(6-4-8)18(2,15)16/h3-6H,7,12H2,1-2H3,(H,13,14).